The SMILES string of the molecule is CCN(CC)c1ccc(C2C(C(=O)Nc3ccccc3Cl)=C(C)Nc3ncnn32)cc1. The number of para-hydroxylation sites is 1. The minimum Gasteiger partial charge on any atom is -0.372 e. The van der Waals surface area contributed by atoms with E-state index in [1.54, 1.807) is 16.8 Å². The van der Waals surface area contributed by atoms with Crippen molar-refractivity contribution in [2.75, 3.05) is 28.6 Å². The monoisotopic (exact) mass is 436 g/mol. The third kappa shape index (κ3) is 4.01. The number of hydrogen-bond acceptors (Lipinski definition) is 5. The van der Waals surface area contributed by atoms with Crippen molar-refractivity contribution >= 4 is 34.8 Å². The topological polar surface area (TPSA) is 75.1 Å². The lowest BCUT2D eigenvalue weighted by Gasteiger charge is -2.29. The Kier molecular flexibility index (Phi) is 5.95. The number of halogens is 1. The summed E-state index contributed by atoms with van der Waals surface area (Å²) in [6.07, 6.45) is 1.49. The van der Waals surface area contributed by atoms with Gasteiger partial charge < -0.3 is 15.5 Å². The van der Waals surface area contributed by atoms with Crippen LogP contribution in [0.5, 0.6) is 0 Å². The Morgan fingerprint density at radius 2 is 1.87 bits per heavy atom. The summed E-state index contributed by atoms with van der Waals surface area (Å²) in [5, 5.41) is 11.0. The molecule has 3 aromatic rings. The molecule has 160 valence electrons. The highest BCUT2D eigenvalue weighted by atomic mass is 35.5. The second-order valence-electron chi connectivity index (χ2n) is 7.29. The molecule has 4 rings (SSSR count). The quantitative estimate of drug-likeness (QED) is 0.585. The number of rotatable bonds is 6. The van der Waals surface area contributed by atoms with Crippen LogP contribution >= 0.6 is 11.6 Å². The van der Waals surface area contributed by atoms with Crippen molar-refractivity contribution < 1.29 is 4.79 Å². The van der Waals surface area contributed by atoms with Gasteiger partial charge in [0.15, 0.2) is 0 Å². The molecule has 0 aliphatic carbocycles. The molecule has 0 saturated carbocycles. The first-order chi connectivity index (χ1) is 15.0. The minimum atomic E-state index is -0.410. The molecule has 31 heavy (non-hydrogen) atoms. The summed E-state index contributed by atoms with van der Waals surface area (Å²) < 4.78 is 1.74. The van der Waals surface area contributed by atoms with Crippen molar-refractivity contribution in [3.63, 3.8) is 0 Å². The number of amides is 1. The highest BCUT2D eigenvalue weighted by Gasteiger charge is 2.33. The summed E-state index contributed by atoms with van der Waals surface area (Å²) in [6.45, 7) is 8.00. The van der Waals surface area contributed by atoms with Crippen molar-refractivity contribution in [1.82, 2.24) is 14.8 Å². The highest BCUT2D eigenvalue weighted by molar-refractivity contribution is 6.33. The van der Waals surface area contributed by atoms with E-state index in [4.69, 9.17) is 11.6 Å². The van der Waals surface area contributed by atoms with Gasteiger partial charge in [0.05, 0.1) is 16.3 Å². The maximum absolute atomic E-state index is 13.4. The first kappa shape index (κ1) is 20.9. The molecule has 1 atom stereocenters. The predicted octanol–water partition coefficient (Wildman–Crippen LogP) is 4.71. The lowest BCUT2D eigenvalue weighted by Crippen LogP contribution is -2.31. The number of anilines is 3. The molecule has 1 aliphatic heterocycles. The average Bonchev–Trinajstić information content (AvgIpc) is 3.23. The van der Waals surface area contributed by atoms with Crippen LogP contribution in [0.25, 0.3) is 0 Å². The molecule has 8 heteroatoms. The molecule has 0 radical (unpaired) electrons. The zero-order valence-electron chi connectivity index (χ0n) is 17.8. The van der Waals surface area contributed by atoms with E-state index < -0.39 is 6.04 Å². The van der Waals surface area contributed by atoms with E-state index >= 15 is 0 Å². The fourth-order valence-electron chi connectivity index (χ4n) is 3.90. The number of fused-ring (bicyclic) bond motifs is 1. The molecule has 2 heterocycles. The summed E-state index contributed by atoms with van der Waals surface area (Å²) in [5.41, 5.74) is 3.95. The van der Waals surface area contributed by atoms with E-state index in [9.17, 15) is 4.79 Å². The van der Waals surface area contributed by atoms with Gasteiger partial charge >= 0.3 is 0 Å². The molecule has 1 amide bonds. The zero-order valence-corrected chi connectivity index (χ0v) is 18.5. The van der Waals surface area contributed by atoms with E-state index in [2.05, 4.69) is 51.6 Å². The Labute approximate surface area is 186 Å². The Balaban J connectivity index is 1.73. The lowest BCUT2D eigenvalue weighted by molar-refractivity contribution is -0.113. The van der Waals surface area contributed by atoms with E-state index in [1.165, 1.54) is 6.33 Å². The standard InChI is InChI=1S/C23H25ClN6O/c1-4-29(5-2)17-12-10-16(11-13-17)21-20(15(3)27-23-25-14-26-30(21)23)22(31)28-19-9-7-6-8-18(19)24/h6-14,21H,4-5H2,1-3H3,(H,28,31)(H,25,26,27). The van der Waals surface area contributed by atoms with Gasteiger partial charge in [0.2, 0.25) is 5.95 Å². The molecular weight excluding hydrogens is 412 g/mol. The molecule has 1 aromatic heterocycles. The van der Waals surface area contributed by atoms with Crippen LogP contribution in [-0.4, -0.2) is 33.8 Å². The Morgan fingerprint density at radius 3 is 2.55 bits per heavy atom. The minimum absolute atomic E-state index is 0.239. The molecule has 2 N–H and O–H groups in total. The number of carbonyl (C=O) groups is 1. The average molecular weight is 437 g/mol. The number of allylic oxidation sites excluding steroid dienone is 1. The summed E-state index contributed by atoms with van der Waals surface area (Å²) in [7, 11) is 0. The van der Waals surface area contributed by atoms with Crippen LogP contribution in [0.4, 0.5) is 17.3 Å². The summed E-state index contributed by atoms with van der Waals surface area (Å²) in [4.78, 5) is 19.9. The van der Waals surface area contributed by atoms with Crippen LogP contribution in [0, 0.1) is 0 Å². The van der Waals surface area contributed by atoms with E-state index in [0.717, 1.165) is 30.0 Å². The fourth-order valence-corrected chi connectivity index (χ4v) is 4.08. The van der Waals surface area contributed by atoms with Crippen LogP contribution in [0.3, 0.4) is 0 Å². The van der Waals surface area contributed by atoms with Crippen molar-refractivity contribution in [3.8, 4) is 0 Å². The molecule has 1 aliphatic rings. The van der Waals surface area contributed by atoms with Crippen LogP contribution in [0.1, 0.15) is 32.4 Å². The van der Waals surface area contributed by atoms with Gasteiger partial charge in [0.25, 0.3) is 5.91 Å². The van der Waals surface area contributed by atoms with Gasteiger partial charge in [-0.15, -0.1) is 0 Å². The lowest BCUT2D eigenvalue weighted by atomic mass is 9.94. The summed E-state index contributed by atoms with van der Waals surface area (Å²) >= 11 is 6.26. The molecule has 7 nitrogen and oxygen atoms in total. The molecule has 1 unspecified atom stereocenters. The first-order valence-corrected chi connectivity index (χ1v) is 10.7. The maximum atomic E-state index is 13.4. The first-order valence-electron chi connectivity index (χ1n) is 10.3. The largest absolute Gasteiger partial charge is 0.372 e. The number of aromatic nitrogens is 3. The summed E-state index contributed by atoms with van der Waals surface area (Å²) in [6, 6.07) is 15.0. The molecule has 0 fully saturated rings. The normalized spacial score (nSPS) is 15.3. The van der Waals surface area contributed by atoms with E-state index in [-0.39, 0.29) is 5.91 Å². The van der Waals surface area contributed by atoms with Gasteiger partial charge in [-0.25, -0.2) is 4.68 Å². The third-order valence-corrected chi connectivity index (χ3v) is 5.83. The Morgan fingerprint density at radius 1 is 1.16 bits per heavy atom. The number of nitrogens with one attached hydrogen (secondary N) is 2. The van der Waals surface area contributed by atoms with Gasteiger partial charge in [-0.2, -0.15) is 10.1 Å². The molecule has 0 saturated heterocycles. The summed E-state index contributed by atoms with van der Waals surface area (Å²) in [5.74, 6) is 0.363. The predicted molar refractivity (Wildman–Crippen MR) is 125 cm³/mol. The van der Waals surface area contributed by atoms with Crippen LogP contribution < -0.4 is 15.5 Å². The van der Waals surface area contributed by atoms with Crippen LogP contribution in [0.15, 0.2) is 66.1 Å². The van der Waals surface area contributed by atoms with Gasteiger partial charge in [-0.1, -0.05) is 35.9 Å². The maximum Gasteiger partial charge on any atom is 0.255 e. The number of benzene rings is 2. The third-order valence-electron chi connectivity index (χ3n) is 5.50. The van der Waals surface area contributed by atoms with Gasteiger partial charge in [-0.3, -0.25) is 4.79 Å². The van der Waals surface area contributed by atoms with E-state index in [1.807, 2.05) is 31.2 Å². The zero-order chi connectivity index (χ0) is 22.0. The number of carbonyl (C=O) groups excluding carboxylic acids is 1. The van der Waals surface area contributed by atoms with Crippen molar-refractivity contribution in [2.24, 2.45) is 0 Å². The Hall–Kier alpha value is -3.32. The molecular formula is C23H25ClN6O. The van der Waals surface area contributed by atoms with Crippen molar-refractivity contribution in [2.45, 2.75) is 26.8 Å². The highest BCUT2D eigenvalue weighted by Crippen LogP contribution is 2.36. The molecule has 0 spiro atoms. The molecule has 2 aromatic carbocycles. The Bertz CT molecular complexity index is 1120. The van der Waals surface area contributed by atoms with Gasteiger partial charge in [0.1, 0.15) is 12.4 Å². The van der Waals surface area contributed by atoms with Crippen LogP contribution in [0.2, 0.25) is 5.02 Å². The number of hydrogen-bond donors (Lipinski definition) is 2. The second kappa shape index (κ2) is 8.81. The van der Waals surface area contributed by atoms with Gasteiger partial charge in [-0.05, 0) is 50.6 Å². The molecule has 0 bridgehead atoms. The fraction of sp³-hybridized carbons (Fsp3) is 0.261. The van der Waals surface area contributed by atoms with Crippen LogP contribution in [-0.2, 0) is 4.79 Å². The van der Waals surface area contributed by atoms with Gasteiger partial charge in [0, 0.05) is 24.5 Å². The van der Waals surface area contributed by atoms with Crippen molar-refractivity contribution in [1.29, 1.82) is 0 Å². The van der Waals surface area contributed by atoms with E-state index in [0.29, 0.717) is 22.2 Å². The second-order valence-corrected chi connectivity index (χ2v) is 7.70. The smallest absolute Gasteiger partial charge is 0.255 e. The van der Waals surface area contributed by atoms with Crippen molar-refractivity contribution in [3.05, 3.63) is 76.7 Å². The number of nitrogens with zero attached hydrogens (tertiary/aromatic N) is 4.